The second-order valence-electron chi connectivity index (χ2n) is 5.82. The molecule has 0 saturated carbocycles. The van der Waals surface area contributed by atoms with Crippen molar-refractivity contribution < 1.29 is 0 Å². The van der Waals surface area contributed by atoms with Crippen molar-refractivity contribution in [3.8, 4) is 0 Å². The largest absolute Gasteiger partial charge is 0.310 e. The monoisotopic (exact) mass is 246 g/mol. The van der Waals surface area contributed by atoms with Gasteiger partial charge < -0.3 is 5.32 Å². The summed E-state index contributed by atoms with van der Waals surface area (Å²) in [4.78, 5) is 2.59. The molecule has 100 valence electrons. The van der Waals surface area contributed by atoms with Gasteiger partial charge in [0.2, 0.25) is 0 Å². The number of hydrogen-bond donors (Lipinski definition) is 1. The molecule has 0 amide bonds. The molecule has 0 bridgehead atoms. The lowest BCUT2D eigenvalue weighted by Gasteiger charge is -2.21. The van der Waals surface area contributed by atoms with Crippen LogP contribution >= 0.6 is 0 Å². The van der Waals surface area contributed by atoms with Crippen LogP contribution in [0.4, 0.5) is 0 Å². The highest BCUT2D eigenvalue weighted by atomic mass is 15.2. The Morgan fingerprint density at radius 1 is 1.33 bits per heavy atom. The quantitative estimate of drug-likeness (QED) is 0.858. The fourth-order valence-electron chi connectivity index (χ4n) is 2.62. The maximum Gasteiger partial charge on any atom is 0.0236 e. The smallest absolute Gasteiger partial charge is 0.0236 e. The van der Waals surface area contributed by atoms with Crippen molar-refractivity contribution in [2.24, 2.45) is 0 Å². The Bertz CT molecular complexity index is 373. The molecule has 0 spiro atoms. The van der Waals surface area contributed by atoms with E-state index in [9.17, 15) is 0 Å². The maximum absolute atomic E-state index is 3.48. The van der Waals surface area contributed by atoms with Gasteiger partial charge >= 0.3 is 0 Å². The normalized spacial score (nSPS) is 20.8. The fraction of sp³-hybridized carbons (Fsp3) is 0.625. The van der Waals surface area contributed by atoms with Gasteiger partial charge in [-0.1, -0.05) is 38.1 Å². The van der Waals surface area contributed by atoms with Gasteiger partial charge in [-0.05, 0) is 37.4 Å². The highest BCUT2D eigenvalue weighted by molar-refractivity contribution is 5.23. The minimum Gasteiger partial charge on any atom is -0.310 e. The number of rotatable bonds is 5. The molecule has 0 aromatic heterocycles. The second-order valence-corrected chi connectivity index (χ2v) is 5.82. The third kappa shape index (κ3) is 3.82. The molecule has 1 aliphatic rings. The van der Waals surface area contributed by atoms with E-state index in [4.69, 9.17) is 0 Å². The van der Waals surface area contributed by atoms with Crippen molar-refractivity contribution in [3.05, 3.63) is 35.4 Å². The minimum absolute atomic E-state index is 0.548. The Morgan fingerprint density at radius 3 is 2.78 bits per heavy atom. The predicted octanol–water partition coefficient (Wildman–Crippen LogP) is 3.17. The summed E-state index contributed by atoms with van der Waals surface area (Å²) >= 11 is 0. The number of hydrogen-bond acceptors (Lipinski definition) is 2. The van der Waals surface area contributed by atoms with Crippen molar-refractivity contribution in [3.63, 3.8) is 0 Å². The van der Waals surface area contributed by atoms with Crippen LogP contribution in [0.1, 0.15) is 44.7 Å². The van der Waals surface area contributed by atoms with Gasteiger partial charge in [0.15, 0.2) is 0 Å². The van der Waals surface area contributed by atoms with E-state index < -0.39 is 0 Å². The van der Waals surface area contributed by atoms with Crippen molar-refractivity contribution in [1.82, 2.24) is 10.2 Å². The molecule has 1 N–H and O–H groups in total. The summed E-state index contributed by atoms with van der Waals surface area (Å²) in [6.45, 7) is 10.1. The van der Waals surface area contributed by atoms with Crippen LogP contribution in [0, 0.1) is 0 Å². The summed E-state index contributed by atoms with van der Waals surface area (Å²) in [7, 11) is 0. The summed E-state index contributed by atoms with van der Waals surface area (Å²) in [6, 6.07) is 10.3. The van der Waals surface area contributed by atoms with Crippen LogP contribution < -0.4 is 5.32 Å². The van der Waals surface area contributed by atoms with Crippen LogP contribution in [0.15, 0.2) is 24.3 Å². The molecule has 1 unspecified atom stereocenters. The minimum atomic E-state index is 0.548. The van der Waals surface area contributed by atoms with Gasteiger partial charge in [-0.25, -0.2) is 0 Å². The van der Waals surface area contributed by atoms with Crippen molar-refractivity contribution in [2.75, 3.05) is 6.54 Å². The zero-order valence-corrected chi connectivity index (χ0v) is 11.9. The topological polar surface area (TPSA) is 15.3 Å². The molecule has 1 atom stereocenters. The van der Waals surface area contributed by atoms with Crippen LogP contribution in [-0.4, -0.2) is 23.5 Å². The standard InChI is InChI=1S/C16H26N2/c1-13(2)17-11-15-7-4-8-16(10-15)12-18-9-5-6-14(18)3/h4,7-8,10,13-14,17H,5-6,9,11-12H2,1-3H3. The third-order valence-electron chi connectivity index (χ3n) is 3.78. The van der Waals surface area contributed by atoms with E-state index in [0.29, 0.717) is 6.04 Å². The van der Waals surface area contributed by atoms with Gasteiger partial charge in [-0.15, -0.1) is 0 Å². The van der Waals surface area contributed by atoms with E-state index in [1.165, 1.54) is 30.5 Å². The summed E-state index contributed by atoms with van der Waals surface area (Å²) < 4.78 is 0. The summed E-state index contributed by atoms with van der Waals surface area (Å²) in [5.41, 5.74) is 2.85. The number of nitrogens with one attached hydrogen (secondary N) is 1. The van der Waals surface area contributed by atoms with E-state index in [-0.39, 0.29) is 0 Å². The Balaban J connectivity index is 1.94. The van der Waals surface area contributed by atoms with Crippen molar-refractivity contribution >= 4 is 0 Å². The first-order valence-corrected chi connectivity index (χ1v) is 7.20. The summed E-state index contributed by atoms with van der Waals surface area (Å²) in [6.07, 6.45) is 2.71. The first-order chi connectivity index (χ1) is 8.65. The van der Waals surface area contributed by atoms with Crippen molar-refractivity contribution in [1.29, 1.82) is 0 Å². The van der Waals surface area contributed by atoms with Gasteiger partial charge in [0.1, 0.15) is 0 Å². The average molecular weight is 246 g/mol. The maximum atomic E-state index is 3.48. The molecule has 0 aliphatic carbocycles. The molecule has 2 heteroatoms. The van der Waals surface area contributed by atoms with Crippen molar-refractivity contribution in [2.45, 2.75) is 58.8 Å². The molecule has 1 aromatic rings. The molecule has 2 nitrogen and oxygen atoms in total. The lowest BCUT2D eigenvalue weighted by Crippen LogP contribution is -2.26. The van der Waals surface area contributed by atoms with Crippen LogP contribution in [-0.2, 0) is 13.1 Å². The van der Waals surface area contributed by atoms with E-state index in [0.717, 1.165) is 19.1 Å². The highest BCUT2D eigenvalue weighted by Gasteiger charge is 2.19. The molecular formula is C16H26N2. The van der Waals surface area contributed by atoms with Gasteiger partial charge in [0.05, 0.1) is 0 Å². The Kier molecular flexibility index (Phi) is 4.79. The zero-order valence-electron chi connectivity index (χ0n) is 11.9. The summed E-state index contributed by atoms with van der Waals surface area (Å²) in [5.74, 6) is 0. The lowest BCUT2D eigenvalue weighted by molar-refractivity contribution is 0.260. The van der Waals surface area contributed by atoms with E-state index in [1.807, 2.05) is 0 Å². The second kappa shape index (κ2) is 6.35. The molecule has 1 fully saturated rings. The Hall–Kier alpha value is -0.860. The van der Waals surface area contributed by atoms with Crippen LogP contribution in [0.5, 0.6) is 0 Å². The average Bonchev–Trinajstić information content (AvgIpc) is 2.73. The molecule has 1 aromatic carbocycles. The van der Waals surface area contributed by atoms with Gasteiger partial charge in [-0.2, -0.15) is 0 Å². The van der Waals surface area contributed by atoms with E-state index in [1.54, 1.807) is 0 Å². The Morgan fingerprint density at radius 2 is 2.11 bits per heavy atom. The zero-order chi connectivity index (χ0) is 13.0. The molecule has 1 heterocycles. The molecule has 18 heavy (non-hydrogen) atoms. The van der Waals surface area contributed by atoms with Crippen LogP contribution in [0.2, 0.25) is 0 Å². The molecule has 2 rings (SSSR count). The highest BCUT2D eigenvalue weighted by Crippen LogP contribution is 2.19. The lowest BCUT2D eigenvalue weighted by atomic mass is 10.1. The SMILES string of the molecule is CC(C)NCc1cccc(CN2CCCC2C)c1. The number of likely N-dealkylation sites (tertiary alicyclic amines) is 1. The van der Waals surface area contributed by atoms with Crippen LogP contribution in [0.25, 0.3) is 0 Å². The molecule has 1 aliphatic heterocycles. The first kappa shape index (κ1) is 13.6. The number of benzene rings is 1. The van der Waals surface area contributed by atoms with E-state index >= 15 is 0 Å². The van der Waals surface area contributed by atoms with Gasteiger partial charge in [0.25, 0.3) is 0 Å². The molecular weight excluding hydrogens is 220 g/mol. The van der Waals surface area contributed by atoms with Crippen LogP contribution in [0.3, 0.4) is 0 Å². The van der Waals surface area contributed by atoms with Gasteiger partial charge in [0, 0.05) is 25.2 Å². The Labute approximate surface area is 111 Å². The molecule has 0 radical (unpaired) electrons. The first-order valence-electron chi connectivity index (χ1n) is 7.20. The van der Waals surface area contributed by atoms with Gasteiger partial charge in [-0.3, -0.25) is 4.90 Å². The third-order valence-corrected chi connectivity index (χ3v) is 3.78. The predicted molar refractivity (Wildman–Crippen MR) is 77.5 cm³/mol. The van der Waals surface area contributed by atoms with E-state index in [2.05, 4.69) is 55.3 Å². The number of nitrogens with zero attached hydrogens (tertiary/aromatic N) is 1. The summed E-state index contributed by atoms with van der Waals surface area (Å²) in [5, 5.41) is 3.48. The molecule has 1 saturated heterocycles. The fourth-order valence-corrected chi connectivity index (χ4v) is 2.62.